The van der Waals surface area contributed by atoms with Crippen LogP contribution in [-0.4, -0.2) is 25.9 Å². The Hall–Kier alpha value is -2.79. The lowest BCUT2D eigenvalue weighted by Crippen LogP contribution is -3.12. The van der Waals surface area contributed by atoms with Crippen molar-refractivity contribution in [3.63, 3.8) is 0 Å². The molecule has 5 nitrogen and oxygen atoms in total. The quantitative estimate of drug-likeness (QED) is 0.480. The molecule has 0 saturated heterocycles. The molecule has 2 aromatic carbocycles. The molecule has 0 saturated carbocycles. The van der Waals surface area contributed by atoms with Gasteiger partial charge in [0.05, 0.1) is 18.7 Å². The topological polar surface area (TPSA) is 53.1 Å². The molecular weight excluding hydrogens is 390 g/mol. The minimum Gasteiger partial charge on any atom is -0.462 e. The van der Waals surface area contributed by atoms with E-state index < -0.39 is 0 Å². The highest BCUT2D eigenvalue weighted by atomic mass is 16.5. The average Bonchev–Trinajstić information content (AvgIpc) is 3.16. The normalized spacial score (nSPS) is 18.5. The van der Waals surface area contributed by atoms with Gasteiger partial charge in [0.15, 0.2) is 0 Å². The number of nitrogens with one attached hydrogen (secondary N) is 1. The van der Waals surface area contributed by atoms with Gasteiger partial charge in [-0.15, -0.1) is 0 Å². The van der Waals surface area contributed by atoms with Crippen LogP contribution in [-0.2, 0) is 11.3 Å². The second-order valence-electron chi connectivity index (χ2n) is 8.63. The number of furan rings is 1. The van der Waals surface area contributed by atoms with E-state index >= 15 is 0 Å². The summed E-state index contributed by atoms with van der Waals surface area (Å²) in [6, 6.07) is 8.13. The summed E-state index contributed by atoms with van der Waals surface area (Å²) in [6.07, 6.45) is 8.61. The minimum absolute atomic E-state index is 0.323. The van der Waals surface area contributed by atoms with Crippen LogP contribution in [0.25, 0.3) is 21.7 Å². The van der Waals surface area contributed by atoms with E-state index in [0.29, 0.717) is 24.7 Å². The second-order valence-corrected chi connectivity index (χ2v) is 8.63. The number of rotatable bonds is 5. The third-order valence-corrected chi connectivity index (χ3v) is 6.59. The summed E-state index contributed by atoms with van der Waals surface area (Å²) in [6.45, 7) is 6.50. The summed E-state index contributed by atoms with van der Waals surface area (Å²) in [7, 11) is 0. The van der Waals surface area contributed by atoms with Crippen molar-refractivity contribution in [3.05, 3.63) is 52.8 Å². The monoisotopic (exact) mass is 420 g/mol. The van der Waals surface area contributed by atoms with E-state index in [1.165, 1.54) is 30.6 Å². The van der Waals surface area contributed by atoms with Gasteiger partial charge in [-0.25, -0.2) is 4.79 Å². The molecule has 0 radical (unpaired) electrons. The van der Waals surface area contributed by atoms with Gasteiger partial charge in [0.2, 0.25) is 6.73 Å². The first-order valence-electron chi connectivity index (χ1n) is 11.5. The van der Waals surface area contributed by atoms with E-state index in [1.807, 2.05) is 32.0 Å². The number of quaternary nitrogens is 1. The Morgan fingerprint density at radius 1 is 1.19 bits per heavy atom. The number of hydrogen-bond acceptors (Lipinski definition) is 4. The fourth-order valence-electron chi connectivity index (χ4n) is 5.06. The number of fused-ring (bicyclic) bond motifs is 6. The predicted octanol–water partition coefficient (Wildman–Crippen LogP) is 4.70. The minimum atomic E-state index is -0.323. The molecule has 1 aromatic heterocycles. The Bertz CT molecular complexity index is 1170. The molecule has 5 heteroatoms. The molecule has 3 aromatic rings. The second kappa shape index (κ2) is 8.39. The van der Waals surface area contributed by atoms with Crippen molar-refractivity contribution in [2.24, 2.45) is 0 Å². The molecule has 1 N–H and O–H groups in total. The smallest absolute Gasteiger partial charge is 0.342 e. The average molecular weight is 421 g/mol. The summed E-state index contributed by atoms with van der Waals surface area (Å²) in [5.41, 5.74) is 3.94. The maximum absolute atomic E-state index is 12.8. The van der Waals surface area contributed by atoms with Crippen LogP contribution in [0.15, 0.2) is 40.3 Å². The van der Waals surface area contributed by atoms with Crippen LogP contribution in [0.4, 0.5) is 0 Å². The molecule has 0 amide bonds. The molecule has 1 unspecified atom stereocenters. The summed E-state index contributed by atoms with van der Waals surface area (Å²) in [5, 5.41) is 2.88. The van der Waals surface area contributed by atoms with Gasteiger partial charge in [0.25, 0.3) is 0 Å². The Morgan fingerprint density at radius 2 is 2.03 bits per heavy atom. The molecule has 0 spiro atoms. The van der Waals surface area contributed by atoms with Crippen molar-refractivity contribution in [3.8, 4) is 5.75 Å². The molecule has 0 bridgehead atoms. The zero-order chi connectivity index (χ0) is 21.4. The van der Waals surface area contributed by atoms with Gasteiger partial charge in [0.1, 0.15) is 29.2 Å². The van der Waals surface area contributed by atoms with Crippen molar-refractivity contribution in [2.45, 2.75) is 52.5 Å². The van der Waals surface area contributed by atoms with Gasteiger partial charge in [-0.3, -0.25) is 4.90 Å². The van der Waals surface area contributed by atoms with Crippen LogP contribution in [0.1, 0.15) is 60.7 Å². The van der Waals surface area contributed by atoms with Crippen LogP contribution in [0.5, 0.6) is 5.75 Å². The molecular formula is C26H30NO4+. The number of allylic oxidation sites excluding steroid dienone is 1. The first kappa shape index (κ1) is 20.1. The molecule has 31 heavy (non-hydrogen) atoms. The fourth-order valence-corrected chi connectivity index (χ4v) is 5.06. The van der Waals surface area contributed by atoms with Crippen molar-refractivity contribution >= 4 is 27.7 Å². The van der Waals surface area contributed by atoms with Gasteiger partial charge in [-0.05, 0) is 39.5 Å². The molecule has 162 valence electrons. The number of aryl methyl sites for hydroxylation is 1. The Kier molecular flexibility index (Phi) is 5.45. The van der Waals surface area contributed by atoms with E-state index in [1.54, 1.807) is 5.57 Å². The first-order valence-corrected chi connectivity index (χ1v) is 11.5. The molecule has 2 aliphatic rings. The molecule has 5 rings (SSSR count). The van der Waals surface area contributed by atoms with E-state index in [2.05, 4.69) is 12.1 Å². The lowest BCUT2D eigenvalue weighted by atomic mass is 9.95. The van der Waals surface area contributed by atoms with Crippen molar-refractivity contribution < 1.29 is 23.6 Å². The standard InChI is InChI=1S/C26H29NO4/c1-3-29-26(28)22-17(2)31-25-20-12-8-7-11-19(20)24-21(23(22)25)15-27(16-30-24)14-13-18-9-5-4-6-10-18/h7-9,11-12H,3-6,10,13-16H2,1-2H3/p+1. The highest BCUT2D eigenvalue weighted by molar-refractivity contribution is 6.16. The van der Waals surface area contributed by atoms with E-state index in [-0.39, 0.29) is 5.97 Å². The first-order chi connectivity index (χ1) is 15.2. The van der Waals surface area contributed by atoms with Gasteiger partial charge >= 0.3 is 5.97 Å². The Labute approximate surface area is 182 Å². The Balaban J connectivity index is 1.58. The molecule has 0 fully saturated rings. The third-order valence-electron chi connectivity index (χ3n) is 6.59. The van der Waals surface area contributed by atoms with Crippen LogP contribution in [0, 0.1) is 6.92 Å². The highest BCUT2D eigenvalue weighted by Gasteiger charge is 2.31. The van der Waals surface area contributed by atoms with E-state index in [9.17, 15) is 4.79 Å². The third kappa shape index (κ3) is 3.61. The van der Waals surface area contributed by atoms with Crippen molar-refractivity contribution in [1.82, 2.24) is 0 Å². The molecule has 2 heterocycles. The van der Waals surface area contributed by atoms with Crippen LogP contribution in [0.3, 0.4) is 0 Å². The van der Waals surface area contributed by atoms with Crippen LogP contribution >= 0.6 is 0 Å². The molecule has 1 aliphatic heterocycles. The SMILES string of the molecule is CCOC(=O)c1c(C)oc2c1c1c(c3ccccc32)OC[NH+](CCC2=CCCCC2)C1. The number of hydrogen-bond donors (Lipinski definition) is 1. The zero-order valence-corrected chi connectivity index (χ0v) is 18.4. The van der Waals surface area contributed by atoms with Crippen LogP contribution in [0.2, 0.25) is 0 Å². The van der Waals surface area contributed by atoms with Crippen LogP contribution < -0.4 is 9.64 Å². The fraction of sp³-hybridized carbons (Fsp3) is 0.423. The Morgan fingerprint density at radius 3 is 2.81 bits per heavy atom. The zero-order valence-electron chi connectivity index (χ0n) is 18.4. The lowest BCUT2D eigenvalue weighted by Gasteiger charge is -2.28. The lowest BCUT2D eigenvalue weighted by molar-refractivity contribution is -0.932. The van der Waals surface area contributed by atoms with Gasteiger partial charge in [-0.2, -0.15) is 0 Å². The van der Waals surface area contributed by atoms with E-state index in [4.69, 9.17) is 13.9 Å². The predicted molar refractivity (Wildman–Crippen MR) is 121 cm³/mol. The number of carbonyl (C=O) groups is 1. The van der Waals surface area contributed by atoms with Crippen molar-refractivity contribution in [2.75, 3.05) is 19.9 Å². The number of esters is 1. The summed E-state index contributed by atoms with van der Waals surface area (Å²) in [4.78, 5) is 14.2. The summed E-state index contributed by atoms with van der Waals surface area (Å²) in [5.74, 6) is 1.16. The maximum atomic E-state index is 12.8. The number of benzene rings is 2. The van der Waals surface area contributed by atoms with Gasteiger partial charge in [-0.1, -0.05) is 35.9 Å². The maximum Gasteiger partial charge on any atom is 0.342 e. The van der Waals surface area contributed by atoms with Gasteiger partial charge < -0.3 is 13.9 Å². The van der Waals surface area contributed by atoms with Gasteiger partial charge in [0, 0.05) is 22.6 Å². The number of ether oxygens (including phenoxy) is 2. The molecule has 1 aliphatic carbocycles. The highest BCUT2D eigenvalue weighted by Crippen LogP contribution is 2.42. The van der Waals surface area contributed by atoms with E-state index in [0.717, 1.165) is 52.6 Å². The van der Waals surface area contributed by atoms with Crippen molar-refractivity contribution in [1.29, 1.82) is 0 Å². The molecule has 1 atom stereocenters. The largest absolute Gasteiger partial charge is 0.462 e. The summed E-state index contributed by atoms with van der Waals surface area (Å²) < 4.78 is 17.9. The number of carbonyl (C=O) groups excluding carboxylic acids is 1. The summed E-state index contributed by atoms with van der Waals surface area (Å²) >= 11 is 0.